The fraction of sp³-hybridized carbons (Fsp3) is 0.222. The highest BCUT2D eigenvalue weighted by atomic mass is 32.1. The SMILES string of the molecule is CC(O)c1cccc2scnc12. The minimum atomic E-state index is -0.434. The zero-order valence-corrected chi connectivity index (χ0v) is 7.51. The Hall–Kier alpha value is -0.930. The van der Waals surface area contributed by atoms with E-state index in [9.17, 15) is 5.11 Å². The number of thiazole rings is 1. The highest BCUT2D eigenvalue weighted by Crippen LogP contribution is 2.25. The van der Waals surface area contributed by atoms with E-state index in [1.807, 2.05) is 18.2 Å². The molecule has 0 bridgehead atoms. The number of aliphatic hydroxyl groups excluding tert-OH is 1. The normalized spacial score (nSPS) is 13.5. The summed E-state index contributed by atoms with van der Waals surface area (Å²) in [5, 5.41) is 9.40. The van der Waals surface area contributed by atoms with Gasteiger partial charge in [0.2, 0.25) is 0 Å². The van der Waals surface area contributed by atoms with E-state index in [4.69, 9.17) is 0 Å². The minimum absolute atomic E-state index is 0.434. The number of nitrogens with zero attached hydrogens (tertiary/aromatic N) is 1. The first-order valence-electron chi connectivity index (χ1n) is 3.79. The molecule has 2 nitrogen and oxygen atoms in total. The molecule has 0 spiro atoms. The molecule has 1 aromatic heterocycles. The molecule has 2 rings (SSSR count). The zero-order chi connectivity index (χ0) is 8.55. The van der Waals surface area contributed by atoms with Crippen LogP contribution in [0.5, 0.6) is 0 Å². The standard InChI is InChI=1S/C9H9NOS/c1-6(11)7-3-2-4-8-9(7)10-5-12-8/h2-6,11H,1H3. The average Bonchev–Trinajstić information content (AvgIpc) is 2.49. The van der Waals surface area contributed by atoms with Crippen LogP contribution in [0.4, 0.5) is 0 Å². The molecule has 1 atom stereocenters. The van der Waals surface area contributed by atoms with Crippen LogP contribution in [0.1, 0.15) is 18.6 Å². The first kappa shape index (κ1) is 7.71. The molecule has 1 heterocycles. The summed E-state index contributed by atoms with van der Waals surface area (Å²) < 4.78 is 1.13. The van der Waals surface area contributed by atoms with Crippen molar-refractivity contribution in [2.75, 3.05) is 0 Å². The lowest BCUT2D eigenvalue weighted by Gasteiger charge is -2.03. The number of rotatable bonds is 1. The summed E-state index contributed by atoms with van der Waals surface area (Å²) in [7, 11) is 0. The van der Waals surface area contributed by atoms with Gasteiger partial charge in [-0.05, 0) is 13.0 Å². The number of aliphatic hydroxyl groups is 1. The first-order chi connectivity index (χ1) is 5.79. The Morgan fingerprint density at radius 3 is 3.08 bits per heavy atom. The third-order valence-corrected chi connectivity index (χ3v) is 2.64. The topological polar surface area (TPSA) is 33.1 Å². The van der Waals surface area contributed by atoms with Gasteiger partial charge in [-0.3, -0.25) is 0 Å². The number of hydrogen-bond donors (Lipinski definition) is 1. The molecule has 62 valence electrons. The molecule has 0 aliphatic rings. The summed E-state index contributed by atoms with van der Waals surface area (Å²) in [4.78, 5) is 4.20. The Kier molecular flexibility index (Phi) is 1.83. The molecule has 0 amide bonds. The highest BCUT2D eigenvalue weighted by Gasteiger charge is 2.06. The molecule has 0 aliphatic carbocycles. The molecule has 3 heteroatoms. The van der Waals surface area contributed by atoms with E-state index in [-0.39, 0.29) is 0 Å². The van der Waals surface area contributed by atoms with Gasteiger partial charge in [-0.25, -0.2) is 4.98 Å². The summed E-state index contributed by atoms with van der Waals surface area (Å²) in [5.74, 6) is 0. The van der Waals surface area contributed by atoms with Crippen LogP contribution < -0.4 is 0 Å². The van der Waals surface area contributed by atoms with Crippen molar-refractivity contribution in [2.24, 2.45) is 0 Å². The number of fused-ring (bicyclic) bond motifs is 1. The average molecular weight is 179 g/mol. The molecule has 0 saturated carbocycles. The van der Waals surface area contributed by atoms with Gasteiger partial charge >= 0.3 is 0 Å². The van der Waals surface area contributed by atoms with E-state index >= 15 is 0 Å². The molecule has 1 N–H and O–H groups in total. The smallest absolute Gasteiger partial charge is 0.0869 e. The Labute approximate surface area is 74.5 Å². The van der Waals surface area contributed by atoms with Crippen molar-refractivity contribution in [3.63, 3.8) is 0 Å². The van der Waals surface area contributed by atoms with Gasteiger partial charge in [-0.1, -0.05) is 12.1 Å². The first-order valence-corrected chi connectivity index (χ1v) is 4.67. The fourth-order valence-corrected chi connectivity index (χ4v) is 1.96. The molecule has 0 aliphatic heterocycles. The summed E-state index contributed by atoms with van der Waals surface area (Å²) in [6, 6.07) is 5.87. The monoisotopic (exact) mass is 179 g/mol. The van der Waals surface area contributed by atoms with Crippen LogP contribution in [0.2, 0.25) is 0 Å². The molecular formula is C9H9NOS. The number of para-hydroxylation sites is 1. The van der Waals surface area contributed by atoms with Crippen molar-refractivity contribution >= 4 is 21.6 Å². The van der Waals surface area contributed by atoms with Crippen molar-refractivity contribution in [3.05, 3.63) is 29.3 Å². The molecule has 1 unspecified atom stereocenters. The molecule has 12 heavy (non-hydrogen) atoms. The van der Waals surface area contributed by atoms with Gasteiger partial charge in [0.15, 0.2) is 0 Å². The lowest BCUT2D eigenvalue weighted by atomic mass is 10.1. The van der Waals surface area contributed by atoms with Gasteiger partial charge in [0, 0.05) is 5.56 Å². The molecule has 0 saturated heterocycles. The molecule has 0 radical (unpaired) electrons. The zero-order valence-electron chi connectivity index (χ0n) is 6.69. The molecule has 2 aromatic rings. The van der Waals surface area contributed by atoms with Gasteiger partial charge in [-0.2, -0.15) is 0 Å². The van der Waals surface area contributed by atoms with Crippen LogP contribution in [0.25, 0.3) is 10.2 Å². The Balaban J connectivity index is 2.73. The summed E-state index contributed by atoms with van der Waals surface area (Å²) in [5.41, 5.74) is 3.64. The molecule has 0 fully saturated rings. The predicted molar refractivity (Wildman–Crippen MR) is 50.3 cm³/mol. The fourth-order valence-electron chi connectivity index (χ4n) is 1.25. The van der Waals surface area contributed by atoms with Gasteiger partial charge in [0.05, 0.1) is 21.8 Å². The van der Waals surface area contributed by atoms with Crippen LogP contribution in [0.3, 0.4) is 0 Å². The number of aromatic nitrogens is 1. The van der Waals surface area contributed by atoms with Crippen molar-refractivity contribution in [1.82, 2.24) is 4.98 Å². The van der Waals surface area contributed by atoms with E-state index in [1.54, 1.807) is 23.8 Å². The quantitative estimate of drug-likeness (QED) is 0.729. The molecular weight excluding hydrogens is 170 g/mol. The number of benzene rings is 1. The summed E-state index contributed by atoms with van der Waals surface area (Å²) in [6.45, 7) is 1.76. The predicted octanol–water partition coefficient (Wildman–Crippen LogP) is 2.35. The Morgan fingerprint density at radius 2 is 2.33 bits per heavy atom. The van der Waals surface area contributed by atoms with E-state index in [0.717, 1.165) is 15.8 Å². The van der Waals surface area contributed by atoms with Gasteiger partial charge in [-0.15, -0.1) is 11.3 Å². The van der Waals surface area contributed by atoms with E-state index in [1.165, 1.54) is 0 Å². The Bertz CT molecular complexity index is 394. The van der Waals surface area contributed by atoms with Crippen LogP contribution in [-0.4, -0.2) is 10.1 Å². The molecule has 1 aromatic carbocycles. The van der Waals surface area contributed by atoms with Crippen molar-refractivity contribution < 1.29 is 5.11 Å². The second-order valence-electron chi connectivity index (χ2n) is 2.72. The van der Waals surface area contributed by atoms with Crippen molar-refractivity contribution in [3.8, 4) is 0 Å². The Morgan fingerprint density at radius 1 is 1.50 bits per heavy atom. The van der Waals surface area contributed by atoms with Gasteiger partial charge in [0.1, 0.15) is 0 Å². The largest absolute Gasteiger partial charge is 0.389 e. The van der Waals surface area contributed by atoms with Crippen LogP contribution in [0, 0.1) is 0 Å². The van der Waals surface area contributed by atoms with Crippen LogP contribution >= 0.6 is 11.3 Å². The third kappa shape index (κ3) is 1.11. The maximum Gasteiger partial charge on any atom is 0.0869 e. The highest BCUT2D eigenvalue weighted by molar-refractivity contribution is 7.16. The van der Waals surface area contributed by atoms with Crippen LogP contribution in [0.15, 0.2) is 23.7 Å². The third-order valence-electron chi connectivity index (χ3n) is 1.84. The maximum atomic E-state index is 9.40. The van der Waals surface area contributed by atoms with Gasteiger partial charge < -0.3 is 5.11 Å². The second kappa shape index (κ2) is 2.84. The van der Waals surface area contributed by atoms with E-state index in [2.05, 4.69) is 4.98 Å². The minimum Gasteiger partial charge on any atom is -0.389 e. The lowest BCUT2D eigenvalue weighted by molar-refractivity contribution is 0.200. The maximum absolute atomic E-state index is 9.40. The van der Waals surface area contributed by atoms with E-state index < -0.39 is 6.10 Å². The van der Waals surface area contributed by atoms with Crippen LogP contribution in [-0.2, 0) is 0 Å². The van der Waals surface area contributed by atoms with Gasteiger partial charge in [0.25, 0.3) is 0 Å². The van der Waals surface area contributed by atoms with Crippen molar-refractivity contribution in [2.45, 2.75) is 13.0 Å². The number of hydrogen-bond acceptors (Lipinski definition) is 3. The summed E-state index contributed by atoms with van der Waals surface area (Å²) >= 11 is 1.60. The van der Waals surface area contributed by atoms with Crippen molar-refractivity contribution in [1.29, 1.82) is 0 Å². The second-order valence-corrected chi connectivity index (χ2v) is 3.61. The summed E-state index contributed by atoms with van der Waals surface area (Å²) in [6.07, 6.45) is -0.434. The van der Waals surface area contributed by atoms with E-state index in [0.29, 0.717) is 0 Å². The lowest BCUT2D eigenvalue weighted by Crippen LogP contribution is -1.91.